The fourth-order valence-electron chi connectivity index (χ4n) is 3.10. The highest BCUT2D eigenvalue weighted by Crippen LogP contribution is 2.24. The van der Waals surface area contributed by atoms with Crippen molar-refractivity contribution < 1.29 is 17.9 Å². The molecule has 0 saturated heterocycles. The lowest BCUT2D eigenvalue weighted by Crippen LogP contribution is -2.05. The summed E-state index contributed by atoms with van der Waals surface area (Å²) in [7, 11) is -2.15. The van der Waals surface area contributed by atoms with Crippen LogP contribution in [-0.2, 0) is 16.3 Å². The van der Waals surface area contributed by atoms with Gasteiger partial charge in [0, 0.05) is 31.2 Å². The van der Waals surface area contributed by atoms with Crippen molar-refractivity contribution in [2.45, 2.75) is 22.6 Å². The van der Waals surface area contributed by atoms with Crippen molar-refractivity contribution >= 4 is 21.4 Å². The van der Waals surface area contributed by atoms with Crippen molar-refractivity contribution in [3.05, 3.63) is 84.4 Å². The van der Waals surface area contributed by atoms with Crippen LogP contribution in [0.5, 0.6) is 5.75 Å². The summed E-state index contributed by atoms with van der Waals surface area (Å²) in [6.45, 7) is 0. The van der Waals surface area contributed by atoms with Gasteiger partial charge < -0.3 is 4.74 Å². The zero-order valence-corrected chi connectivity index (χ0v) is 17.0. The number of benzene rings is 2. The number of sulfone groups is 1. The fraction of sp³-hybridized carbons (Fsp3) is 0.136. The van der Waals surface area contributed by atoms with Crippen LogP contribution in [0.2, 0.25) is 0 Å². The van der Waals surface area contributed by atoms with Crippen LogP contribution in [0, 0.1) is 0 Å². The Labute approximate surface area is 173 Å². The maximum atomic E-state index is 12.8. The smallest absolute Gasteiger partial charge is 0.233 e. The molecule has 0 aliphatic rings. The Hall–Kier alpha value is -3.52. The molecule has 0 aliphatic heterocycles. The summed E-state index contributed by atoms with van der Waals surface area (Å²) in [6, 6.07) is 13.0. The second-order valence-corrected chi connectivity index (χ2v) is 8.68. The van der Waals surface area contributed by atoms with Gasteiger partial charge in [-0.3, -0.25) is 9.20 Å². The van der Waals surface area contributed by atoms with Crippen LogP contribution in [0.25, 0.3) is 5.78 Å². The molecule has 0 fully saturated rings. The summed E-state index contributed by atoms with van der Waals surface area (Å²) in [5.41, 5.74) is 1.39. The number of ether oxygens (including phenoxy) is 1. The lowest BCUT2D eigenvalue weighted by atomic mass is 10.0. The lowest BCUT2D eigenvalue weighted by Gasteiger charge is -2.08. The number of imidazole rings is 1. The van der Waals surface area contributed by atoms with E-state index in [1.807, 2.05) is 0 Å². The number of hydrogen-bond acceptors (Lipinski definition) is 6. The molecule has 2 aromatic carbocycles. The maximum absolute atomic E-state index is 12.8. The van der Waals surface area contributed by atoms with Crippen LogP contribution in [0.4, 0.5) is 0 Å². The summed E-state index contributed by atoms with van der Waals surface area (Å²) in [4.78, 5) is 21.1. The van der Waals surface area contributed by atoms with Gasteiger partial charge in [0.05, 0.1) is 22.5 Å². The van der Waals surface area contributed by atoms with Crippen molar-refractivity contribution in [2.75, 3.05) is 7.11 Å². The zero-order valence-electron chi connectivity index (χ0n) is 16.2. The van der Waals surface area contributed by atoms with Gasteiger partial charge in [0.2, 0.25) is 15.6 Å². The molecule has 0 bridgehead atoms. The number of Topliss-reactive ketones (excluding diaryl/α,β-unsaturated/α-hetero) is 1. The van der Waals surface area contributed by atoms with Gasteiger partial charge in [-0.05, 0) is 42.3 Å². The van der Waals surface area contributed by atoms with E-state index in [-0.39, 0.29) is 15.6 Å². The molecule has 8 heteroatoms. The van der Waals surface area contributed by atoms with Crippen LogP contribution in [0.3, 0.4) is 0 Å². The number of aryl methyl sites for hydroxylation is 1. The van der Waals surface area contributed by atoms with Crippen LogP contribution in [0.1, 0.15) is 22.3 Å². The Morgan fingerprint density at radius 3 is 2.63 bits per heavy atom. The Kier molecular flexibility index (Phi) is 5.33. The van der Waals surface area contributed by atoms with E-state index in [9.17, 15) is 13.2 Å². The van der Waals surface area contributed by atoms with E-state index in [0.29, 0.717) is 29.9 Å². The number of carbonyl (C=O) groups is 1. The van der Waals surface area contributed by atoms with Crippen molar-refractivity contribution in [1.29, 1.82) is 0 Å². The average Bonchev–Trinajstić information content (AvgIpc) is 3.25. The third-order valence-corrected chi connectivity index (χ3v) is 6.56. The molecule has 2 heterocycles. The maximum Gasteiger partial charge on any atom is 0.233 e. The van der Waals surface area contributed by atoms with Crippen molar-refractivity contribution in [2.24, 2.45) is 0 Å². The van der Waals surface area contributed by atoms with Gasteiger partial charge in [-0.25, -0.2) is 18.4 Å². The molecule has 0 N–H and O–H groups in total. The summed E-state index contributed by atoms with van der Waals surface area (Å²) in [6.07, 6.45) is 7.39. The summed E-state index contributed by atoms with van der Waals surface area (Å²) in [5.74, 6) is 0.986. The number of aromatic nitrogens is 3. The predicted octanol–water partition coefficient (Wildman–Crippen LogP) is 3.39. The Balaban J connectivity index is 1.46. The van der Waals surface area contributed by atoms with Gasteiger partial charge in [0.25, 0.3) is 0 Å². The standard InChI is InChI=1S/C22H19N3O4S/c1-29-18-3-2-4-20(13-18)30(27,28)19-8-5-16(6-9-19)7-10-21(26)17-14-24-22-23-11-12-25(22)15-17/h2-6,8-9,11-15H,7,10H2,1H3. The molecule has 0 atom stereocenters. The molecule has 4 aromatic rings. The Bertz CT molecular complexity index is 1310. The van der Waals surface area contributed by atoms with Crippen LogP contribution < -0.4 is 4.74 Å². The number of fused-ring (bicyclic) bond motifs is 1. The molecule has 0 saturated carbocycles. The van der Waals surface area contributed by atoms with Gasteiger partial charge in [0.15, 0.2) is 5.78 Å². The van der Waals surface area contributed by atoms with Gasteiger partial charge in [-0.2, -0.15) is 0 Å². The first-order chi connectivity index (χ1) is 14.5. The molecular weight excluding hydrogens is 402 g/mol. The highest BCUT2D eigenvalue weighted by Gasteiger charge is 2.18. The van der Waals surface area contributed by atoms with E-state index >= 15 is 0 Å². The molecule has 0 amide bonds. The SMILES string of the molecule is COc1cccc(S(=O)(=O)c2ccc(CCC(=O)c3cnc4nccn4c3)cc2)c1. The van der Waals surface area contributed by atoms with E-state index < -0.39 is 9.84 Å². The molecule has 30 heavy (non-hydrogen) atoms. The molecule has 152 valence electrons. The second-order valence-electron chi connectivity index (χ2n) is 6.73. The second kappa shape index (κ2) is 8.08. The van der Waals surface area contributed by atoms with Crippen LogP contribution in [0.15, 0.2) is 83.1 Å². The molecule has 0 radical (unpaired) electrons. The minimum absolute atomic E-state index is 0.0359. The third-order valence-electron chi connectivity index (χ3n) is 4.79. The number of rotatable bonds is 7. The molecule has 4 rings (SSSR count). The summed E-state index contributed by atoms with van der Waals surface area (Å²) >= 11 is 0. The van der Waals surface area contributed by atoms with E-state index in [0.717, 1.165) is 5.56 Å². The monoisotopic (exact) mass is 421 g/mol. The highest BCUT2D eigenvalue weighted by atomic mass is 32.2. The predicted molar refractivity (Wildman–Crippen MR) is 111 cm³/mol. The number of nitrogens with zero attached hydrogens (tertiary/aromatic N) is 3. The van der Waals surface area contributed by atoms with Crippen LogP contribution in [-0.4, -0.2) is 35.7 Å². The Morgan fingerprint density at radius 1 is 1.07 bits per heavy atom. The zero-order chi connectivity index (χ0) is 21.1. The molecule has 0 aliphatic carbocycles. The third kappa shape index (κ3) is 3.95. The minimum atomic E-state index is -3.64. The first-order valence-electron chi connectivity index (χ1n) is 9.27. The molecule has 2 aromatic heterocycles. The fourth-order valence-corrected chi connectivity index (χ4v) is 4.40. The van der Waals surface area contributed by atoms with Crippen molar-refractivity contribution in [1.82, 2.24) is 14.4 Å². The van der Waals surface area contributed by atoms with Gasteiger partial charge in [0.1, 0.15) is 5.75 Å². The van der Waals surface area contributed by atoms with Gasteiger partial charge in [-0.15, -0.1) is 0 Å². The topological polar surface area (TPSA) is 90.6 Å². The molecule has 0 unspecified atom stereocenters. The Morgan fingerprint density at radius 2 is 1.87 bits per heavy atom. The number of hydrogen-bond donors (Lipinski definition) is 0. The van der Waals surface area contributed by atoms with E-state index in [4.69, 9.17) is 4.74 Å². The minimum Gasteiger partial charge on any atom is -0.497 e. The normalized spacial score (nSPS) is 11.5. The molecule has 7 nitrogen and oxygen atoms in total. The number of carbonyl (C=O) groups excluding carboxylic acids is 1. The summed E-state index contributed by atoms with van der Waals surface area (Å²) in [5, 5.41) is 0. The highest BCUT2D eigenvalue weighted by molar-refractivity contribution is 7.91. The number of methoxy groups -OCH3 is 1. The first kappa shape index (κ1) is 19.8. The average molecular weight is 421 g/mol. The van der Waals surface area contributed by atoms with Crippen LogP contribution >= 0.6 is 0 Å². The lowest BCUT2D eigenvalue weighted by molar-refractivity contribution is 0.0982. The first-order valence-corrected chi connectivity index (χ1v) is 10.8. The van der Waals surface area contributed by atoms with Gasteiger partial charge in [-0.1, -0.05) is 18.2 Å². The van der Waals surface area contributed by atoms with Crippen molar-refractivity contribution in [3.63, 3.8) is 0 Å². The van der Waals surface area contributed by atoms with Crippen molar-refractivity contribution in [3.8, 4) is 5.75 Å². The largest absolute Gasteiger partial charge is 0.497 e. The quantitative estimate of drug-likeness (QED) is 0.425. The number of ketones is 1. The molecule has 0 spiro atoms. The van der Waals surface area contributed by atoms with Gasteiger partial charge >= 0.3 is 0 Å². The summed E-state index contributed by atoms with van der Waals surface area (Å²) < 4.78 is 32.5. The van der Waals surface area contributed by atoms with E-state index in [2.05, 4.69) is 9.97 Å². The molecular formula is C22H19N3O4S. The van der Waals surface area contributed by atoms with E-state index in [1.165, 1.54) is 25.4 Å². The van der Waals surface area contributed by atoms with E-state index in [1.54, 1.807) is 59.4 Å².